The smallest absolute Gasteiger partial charge is 0.0575 e. The Hall–Kier alpha value is -0.380. The van der Waals surface area contributed by atoms with Crippen LogP contribution in [-0.2, 0) is 4.74 Å². The summed E-state index contributed by atoms with van der Waals surface area (Å²) >= 11 is 1.85. The number of hydrogen-bond acceptors (Lipinski definition) is 3. The predicted octanol–water partition coefficient (Wildman–Crippen LogP) is 3.75. The van der Waals surface area contributed by atoms with Crippen molar-refractivity contribution < 1.29 is 4.74 Å². The molecule has 1 aromatic rings. The number of hydrogen-bond donors (Lipinski definition) is 1. The van der Waals surface area contributed by atoms with Crippen molar-refractivity contribution in [1.29, 1.82) is 0 Å². The Morgan fingerprint density at radius 3 is 3.12 bits per heavy atom. The molecule has 1 fully saturated rings. The second-order valence-electron chi connectivity index (χ2n) is 4.69. The third-order valence-corrected chi connectivity index (χ3v) is 4.37. The van der Waals surface area contributed by atoms with Gasteiger partial charge < -0.3 is 10.1 Å². The van der Waals surface area contributed by atoms with Gasteiger partial charge in [0.05, 0.1) is 6.10 Å². The molecule has 2 unspecified atom stereocenters. The van der Waals surface area contributed by atoms with E-state index in [1.54, 1.807) is 0 Å². The summed E-state index contributed by atoms with van der Waals surface area (Å²) in [7, 11) is 0. The van der Waals surface area contributed by atoms with Crippen molar-refractivity contribution in [2.75, 3.05) is 13.2 Å². The van der Waals surface area contributed by atoms with Crippen molar-refractivity contribution in [2.45, 2.75) is 51.2 Å². The minimum Gasteiger partial charge on any atom is -0.378 e. The summed E-state index contributed by atoms with van der Waals surface area (Å²) in [6, 6.07) is 4.90. The molecule has 1 N–H and O–H groups in total. The van der Waals surface area contributed by atoms with E-state index >= 15 is 0 Å². The molecule has 96 valence electrons. The Kier molecular flexibility index (Phi) is 5.49. The van der Waals surface area contributed by atoms with Gasteiger partial charge in [-0.1, -0.05) is 13.0 Å². The lowest BCUT2D eigenvalue weighted by molar-refractivity contribution is 0.00862. The SMILES string of the molecule is CCNC(CCC1CCCCO1)c1cccs1. The monoisotopic (exact) mass is 253 g/mol. The van der Waals surface area contributed by atoms with Crippen LogP contribution >= 0.6 is 11.3 Å². The molecule has 0 saturated carbocycles. The highest BCUT2D eigenvalue weighted by Gasteiger charge is 2.17. The first-order valence-electron chi connectivity index (χ1n) is 6.78. The van der Waals surface area contributed by atoms with Crippen molar-refractivity contribution in [3.63, 3.8) is 0 Å². The van der Waals surface area contributed by atoms with Gasteiger partial charge in [0.2, 0.25) is 0 Å². The number of nitrogens with one attached hydrogen (secondary N) is 1. The molecule has 0 radical (unpaired) electrons. The first-order chi connectivity index (χ1) is 8.40. The first kappa shape index (κ1) is 13.1. The molecule has 1 aliphatic heterocycles. The van der Waals surface area contributed by atoms with Crippen molar-refractivity contribution >= 4 is 11.3 Å². The fourth-order valence-electron chi connectivity index (χ4n) is 2.47. The molecule has 0 spiro atoms. The number of thiophene rings is 1. The van der Waals surface area contributed by atoms with E-state index < -0.39 is 0 Å². The van der Waals surface area contributed by atoms with Gasteiger partial charge in [0.15, 0.2) is 0 Å². The summed E-state index contributed by atoms with van der Waals surface area (Å²) in [5.41, 5.74) is 0. The van der Waals surface area contributed by atoms with Gasteiger partial charge in [-0.2, -0.15) is 0 Å². The second-order valence-corrected chi connectivity index (χ2v) is 5.67. The van der Waals surface area contributed by atoms with Gasteiger partial charge in [0.1, 0.15) is 0 Å². The summed E-state index contributed by atoms with van der Waals surface area (Å²) in [4.78, 5) is 1.46. The van der Waals surface area contributed by atoms with Gasteiger partial charge >= 0.3 is 0 Å². The van der Waals surface area contributed by atoms with E-state index in [1.165, 1.54) is 37.0 Å². The molecule has 2 rings (SSSR count). The van der Waals surface area contributed by atoms with E-state index in [2.05, 4.69) is 29.8 Å². The van der Waals surface area contributed by atoms with E-state index in [1.807, 2.05) is 11.3 Å². The van der Waals surface area contributed by atoms with Crippen LogP contribution in [0.5, 0.6) is 0 Å². The van der Waals surface area contributed by atoms with Crippen molar-refractivity contribution in [3.05, 3.63) is 22.4 Å². The van der Waals surface area contributed by atoms with Gasteiger partial charge in [0, 0.05) is 17.5 Å². The minimum atomic E-state index is 0.505. The van der Waals surface area contributed by atoms with Gasteiger partial charge in [-0.05, 0) is 50.1 Å². The third kappa shape index (κ3) is 4.09. The molecule has 2 atom stereocenters. The highest BCUT2D eigenvalue weighted by Crippen LogP contribution is 2.26. The molecule has 17 heavy (non-hydrogen) atoms. The molecule has 0 aromatic carbocycles. The van der Waals surface area contributed by atoms with Crippen molar-refractivity contribution in [3.8, 4) is 0 Å². The minimum absolute atomic E-state index is 0.505. The molecule has 1 saturated heterocycles. The van der Waals surface area contributed by atoms with Crippen LogP contribution < -0.4 is 5.32 Å². The first-order valence-corrected chi connectivity index (χ1v) is 7.66. The maximum atomic E-state index is 5.80. The molecule has 0 bridgehead atoms. The highest BCUT2D eigenvalue weighted by atomic mass is 32.1. The molecule has 3 heteroatoms. The molecule has 0 aliphatic carbocycles. The number of ether oxygens (including phenoxy) is 1. The van der Waals surface area contributed by atoms with Crippen LogP contribution in [0.4, 0.5) is 0 Å². The Morgan fingerprint density at radius 2 is 2.47 bits per heavy atom. The Morgan fingerprint density at radius 1 is 1.53 bits per heavy atom. The standard InChI is InChI=1S/C14H23NOS/c1-2-15-13(14-7-5-11-17-14)9-8-12-6-3-4-10-16-12/h5,7,11-13,15H,2-4,6,8-10H2,1H3. The van der Waals surface area contributed by atoms with Crippen LogP contribution in [0, 0.1) is 0 Å². The molecule has 0 amide bonds. The van der Waals surface area contributed by atoms with E-state index in [9.17, 15) is 0 Å². The lowest BCUT2D eigenvalue weighted by Gasteiger charge is -2.25. The van der Waals surface area contributed by atoms with Crippen molar-refractivity contribution in [2.24, 2.45) is 0 Å². The van der Waals surface area contributed by atoms with E-state index in [4.69, 9.17) is 4.74 Å². The van der Waals surface area contributed by atoms with Crippen molar-refractivity contribution in [1.82, 2.24) is 5.32 Å². The zero-order chi connectivity index (χ0) is 11.9. The Balaban J connectivity index is 1.81. The van der Waals surface area contributed by atoms with E-state index in [0.29, 0.717) is 12.1 Å². The summed E-state index contributed by atoms with van der Waals surface area (Å²) in [6.45, 7) is 4.18. The van der Waals surface area contributed by atoms with Gasteiger partial charge in [-0.3, -0.25) is 0 Å². The van der Waals surface area contributed by atoms with E-state index in [0.717, 1.165) is 13.2 Å². The van der Waals surface area contributed by atoms with E-state index in [-0.39, 0.29) is 0 Å². The molecule has 2 heterocycles. The highest BCUT2D eigenvalue weighted by molar-refractivity contribution is 7.10. The topological polar surface area (TPSA) is 21.3 Å². The lowest BCUT2D eigenvalue weighted by Crippen LogP contribution is -2.24. The van der Waals surface area contributed by atoms with Crippen LogP contribution in [0.1, 0.15) is 49.9 Å². The normalized spacial score (nSPS) is 22.5. The summed E-state index contributed by atoms with van der Waals surface area (Å²) < 4.78 is 5.80. The van der Waals surface area contributed by atoms with Gasteiger partial charge in [0.25, 0.3) is 0 Å². The fraction of sp³-hybridized carbons (Fsp3) is 0.714. The zero-order valence-corrected chi connectivity index (χ0v) is 11.5. The number of rotatable bonds is 6. The summed E-state index contributed by atoms with van der Waals surface area (Å²) in [5, 5.41) is 5.74. The lowest BCUT2D eigenvalue weighted by atomic mass is 10.0. The average molecular weight is 253 g/mol. The van der Waals surface area contributed by atoms with Crippen LogP contribution in [0.3, 0.4) is 0 Å². The molecular weight excluding hydrogens is 230 g/mol. The zero-order valence-electron chi connectivity index (χ0n) is 10.7. The Labute approximate surface area is 108 Å². The average Bonchev–Trinajstić information content (AvgIpc) is 2.89. The largest absolute Gasteiger partial charge is 0.378 e. The molecule has 1 aliphatic rings. The second kappa shape index (κ2) is 7.14. The summed E-state index contributed by atoms with van der Waals surface area (Å²) in [5.74, 6) is 0. The van der Waals surface area contributed by atoms with Gasteiger partial charge in [-0.25, -0.2) is 0 Å². The molecular formula is C14H23NOS. The van der Waals surface area contributed by atoms with Crippen LogP contribution in [0.25, 0.3) is 0 Å². The maximum absolute atomic E-state index is 5.80. The quantitative estimate of drug-likeness (QED) is 0.833. The Bertz CT molecular complexity index is 293. The maximum Gasteiger partial charge on any atom is 0.0575 e. The van der Waals surface area contributed by atoms with Crippen LogP contribution in [0.15, 0.2) is 17.5 Å². The van der Waals surface area contributed by atoms with Crippen LogP contribution in [0.2, 0.25) is 0 Å². The predicted molar refractivity (Wildman–Crippen MR) is 73.6 cm³/mol. The molecule has 1 aromatic heterocycles. The third-order valence-electron chi connectivity index (χ3n) is 3.39. The fourth-order valence-corrected chi connectivity index (χ4v) is 3.31. The summed E-state index contributed by atoms with van der Waals surface area (Å²) in [6.07, 6.45) is 6.73. The van der Waals surface area contributed by atoms with Gasteiger partial charge in [-0.15, -0.1) is 11.3 Å². The van der Waals surface area contributed by atoms with Crippen LogP contribution in [-0.4, -0.2) is 19.3 Å². The molecule has 2 nitrogen and oxygen atoms in total.